The Labute approximate surface area is 237 Å². The number of fused-ring (bicyclic) bond motifs is 4. The molecule has 1 amide bonds. The molecule has 2 bridgehead atoms. The van der Waals surface area contributed by atoms with Gasteiger partial charge in [-0.1, -0.05) is 17.7 Å². The topological polar surface area (TPSA) is 78.9 Å². The molecule has 5 atom stereocenters. The van der Waals surface area contributed by atoms with E-state index in [4.69, 9.17) is 16.3 Å². The lowest BCUT2D eigenvalue weighted by Gasteiger charge is -2.45. The van der Waals surface area contributed by atoms with Crippen LogP contribution in [0.1, 0.15) is 72.9 Å². The van der Waals surface area contributed by atoms with E-state index >= 15 is 0 Å². The summed E-state index contributed by atoms with van der Waals surface area (Å²) >= 11 is 6.39. The van der Waals surface area contributed by atoms with Crippen molar-refractivity contribution in [1.29, 1.82) is 0 Å². The Morgan fingerprint density at radius 2 is 1.95 bits per heavy atom. The average Bonchev–Trinajstić information content (AvgIpc) is 3.04. The molecule has 2 aromatic carbocycles. The van der Waals surface area contributed by atoms with Gasteiger partial charge in [0.25, 0.3) is 5.91 Å². The second-order valence-corrected chi connectivity index (χ2v) is 14.9. The highest BCUT2D eigenvalue weighted by molar-refractivity contribution is 7.99. The van der Waals surface area contributed by atoms with Gasteiger partial charge < -0.3 is 14.7 Å². The van der Waals surface area contributed by atoms with Gasteiger partial charge >= 0.3 is 0 Å². The maximum atomic E-state index is 13.2. The summed E-state index contributed by atoms with van der Waals surface area (Å²) in [4.78, 5) is 15.7. The smallest absolute Gasteiger partial charge is 0.262 e. The first kappa shape index (κ1) is 27.0. The fourth-order valence-electron chi connectivity index (χ4n) is 7.19. The van der Waals surface area contributed by atoms with Gasteiger partial charge in [0.05, 0.1) is 18.4 Å². The van der Waals surface area contributed by atoms with E-state index < -0.39 is 9.71 Å². The maximum Gasteiger partial charge on any atom is 0.262 e. The standard InChI is InChI=1S/C31H39ClN2O4S/c1-39(37)14-3-2-6-26(35)16-21-7-8-24(21)18-34-19-31(13-4-5-22-15-25(32)10-11-27(22)31)20-38-29-12-9-23(17-28(29)34)30(36)33-39/h9-12,15,17,21,24,26,35H,1-8,13-14,16,18-20H2,(H,33,36,37)/t21-,24-,26-,31-,39?/m0/s1. The second-order valence-electron chi connectivity index (χ2n) is 12.2. The van der Waals surface area contributed by atoms with Crippen LogP contribution >= 0.6 is 11.6 Å². The van der Waals surface area contributed by atoms with Gasteiger partial charge in [0.1, 0.15) is 5.75 Å². The number of aliphatic hydroxyl groups excluding tert-OH is 1. The van der Waals surface area contributed by atoms with Crippen molar-refractivity contribution in [3.63, 3.8) is 0 Å². The molecule has 6 nitrogen and oxygen atoms in total. The number of anilines is 1. The normalized spacial score (nSPS) is 33.1. The van der Waals surface area contributed by atoms with Gasteiger partial charge in [0, 0.05) is 44.6 Å². The molecule has 0 aromatic heterocycles. The Morgan fingerprint density at radius 3 is 2.77 bits per heavy atom. The third kappa shape index (κ3) is 5.55. The van der Waals surface area contributed by atoms with E-state index in [2.05, 4.69) is 27.6 Å². The molecule has 1 fully saturated rings. The molecule has 2 aromatic rings. The molecule has 2 aliphatic carbocycles. The minimum absolute atomic E-state index is 0.180. The van der Waals surface area contributed by atoms with Crippen molar-refractivity contribution in [1.82, 2.24) is 4.72 Å². The second kappa shape index (κ2) is 10.6. The first-order valence-electron chi connectivity index (χ1n) is 14.4. The van der Waals surface area contributed by atoms with Crippen LogP contribution in [0, 0.1) is 11.8 Å². The highest BCUT2D eigenvalue weighted by Gasteiger charge is 2.43. The summed E-state index contributed by atoms with van der Waals surface area (Å²) in [6, 6.07) is 11.8. The number of nitrogens with one attached hydrogen (secondary N) is 1. The fraction of sp³-hybridized carbons (Fsp3) is 0.548. The van der Waals surface area contributed by atoms with Crippen molar-refractivity contribution >= 4 is 38.8 Å². The minimum atomic E-state index is -2.77. The third-order valence-electron chi connectivity index (χ3n) is 9.44. The van der Waals surface area contributed by atoms with E-state index in [-0.39, 0.29) is 17.4 Å². The largest absolute Gasteiger partial charge is 0.490 e. The summed E-state index contributed by atoms with van der Waals surface area (Å²) in [5.41, 5.74) is 3.81. The summed E-state index contributed by atoms with van der Waals surface area (Å²) in [5.74, 6) is 5.50. The molecule has 8 heteroatoms. The molecule has 210 valence electrons. The molecule has 6 rings (SSSR count). The van der Waals surface area contributed by atoms with Gasteiger partial charge in [-0.15, -0.1) is 0 Å². The summed E-state index contributed by atoms with van der Waals surface area (Å²) in [6.45, 7) is 2.21. The fourth-order valence-corrected chi connectivity index (χ4v) is 8.61. The quantitative estimate of drug-likeness (QED) is 0.429. The van der Waals surface area contributed by atoms with Crippen molar-refractivity contribution in [2.45, 2.75) is 69.3 Å². The van der Waals surface area contributed by atoms with Gasteiger partial charge in [-0.2, -0.15) is 0 Å². The van der Waals surface area contributed by atoms with E-state index in [9.17, 15) is 14.1 Å². The van der Waals surface area contributed by atoms with Crippen LogP contribution < -0.4 is 14.4 Å². The average molecular weight is 571 g/mol. The van der Waals surface area contributed by atoms with E-state index in [1.54, 1.807) is 6.07 Å². The van der Waals surface area contributed by atoms with Gasteiger partial charge in [0.2, 0.25) is 0 Å². The number of amides is 1. The summed E-state index contributed by atoms with van der Waals surface area (Å²) < 4.78 is 22.3. The van der Waals surface area contributed by atoms with Crippen molar-refractivity contribution in [3.05, 3.63) is 58.1 Å². The Balaban J connectivity index is 1.40. The highest BCUT2D eigenvalue weighted by Crippen LogP contribution is 2.46. The predicted molar refractivity (Wildman–Crippen MR) is 159 cm³/mol. The summed E-state index contributed by atoms with van der Waals surface area (Å²) in [5, 5.41) is 11.5. The molecule has 0 saturated heterocycles. The van der Waals surface area contributed by atoms with Gasteiger partial charge in [-0.25, -0.2) is 4.21 Å². The molecule has 1 unspecified atom stereocenters. The van der Waals surface area contributed by atoms with E-state index in [1.165, 1.54) is 11.1 Å². The van der Waals surface area contributed by atoms with Crippen LogP contribution in [0.2, 0.25) is 5.02 Å². The number of carbonyl (C=O) groups is 1. The lowest BCUT2D eigenvalue weighted by Crippen LogP contribution is -2.48. The molecule has 2 heterocycles. The molecular formula is C31H39ClN2O4S. The van der Waals surface area contributed by atoms with Crippen LogP contribution in [0.15, 0.2) is 36.4 Å². The number of nitrogens with zero attached hydrogens (tertiary/aromatic N) is 1. The minimum Gasteiger partial charge on any atom is -0.490 e. The molecule has 4 aliphatic rings. The molecule has 2 N–H and O–H groups in total. The van der Waals surface area contributed by atoms with Gasteiger partial charge in [-0.05, 0) is 117 Å². The molecular weight excluding hydrogens is 532 g/mol. The van der Waals surface area contributed by atoms with Crippen LogP contribution in [-0.4, -0.2) is 52.6 Å². The van der Waals surface area contributed by atoms with Crippen molar-refractivity contribution in [2.75, 3.05) is 30.3 Å². The number of ether oxygens (including phenoxy) is 1. The first-order valence-corrected chi connectivity index (χ1v) is 16.6. The highest BCUT2D eigenvalue weighted by atomic mass is 35.5. The molecule has 39 heavy (non-hydrogen) atoms. The number of rotatable bonds is 0. The third-order valence-corrected chi connectivity index (χ3v) is 11.2. The zero-order valence-electron chi connectivity index (χ0n) is 22.5. The number of aliphatic hydroxyl groups is 1. The molecule has 1 saturated carbocycles. The zero-order chi connectivity index (χ0) is 27.2. The zero-order valence-corrected chi connectivity index (χ0v) is 24.1. The summed E-state index contributed by atoms with van der Waals surface area (Å²) in [7, 11) is -2.77. The SMILES string of the molecule is C=S1(=O)CCCC[C@H](O)C[C@@H]2CC[C@H]2CN2C[C@@]3(CCCc4cc(Cl)ccc43)COc3ccc(cc32)C(=O)N1. The number of carbonyl (C=O) groups excluding carboxylic acids is 1. The van der Waals surface area contributed by atoms with Crippen LogP contribution in [0.5, 0.6) is 5.75 Å². The number of halogens is 1. The van der Waals surface area contributed by atoms with Crippen LogP contribution in [0.4, 0.5) is 5.69 Å². The monoisotopic (exact) mass is 570 g/mol. The number of benzene rings is 2. The van der Waals surface area contributed by atoms with Crippen LogP contribution in [0.3, 0.4) is 0 Å². The van der Waals surface area contributed by atoms with Crippen molar-refractivity contribution in [3.8, 4) is 5.75 Å². The first-order chi connectivity index (χ1) is 18.7. The Morgan fingerprint density at radius 1 is 1.10 bits per heavy atom. The Kier molecular flexibility index (Phi) is 7.36. The lowest BCUT2D eigenvalue weighted by atomic mass is 9.68. The molecule has 2 aliphatic heterocycles. The Bertz CT molecular complexity index is 1360. The van der Waals surface area contributed by atoms with Crippen molar-refractivity contribution in [2.24, 2.45) is 11.8 Å². The molecule has 0 radical (unpaired) electrons. The van der Waals surface area contributed by atoms with Gasteiger partial charge in [0.15, 0.2) is 0 Å². The maximum absolute atomic E-state index is 13.2. The summed E-state index contributed by atoms with van der Waals surface area (Å²) in [6.07, 6.45) is 7.98. The van der Waals surface area contributed by atoms with E-state index in [1.807, 2.05) is 18.2 Å². The lowest BCUT2D eigenvalue weighted by molar-refractivity contribution is 0.0722. The van der Waals surface area contributed by atoms with E-state index in [0.717, 1.165) is 74.5 Å². The predicted octanol–water partition coefficient (Wildman–Crippen LogP) is 5.14. The Hall–Kier alpha value is -2.22. The van der Waals surface area contributed by atoms with Gasteiger partial charge in [-0.3, -0.25) is 9.52 Å². The van der Waals surface area contributed by atoms with Crippen LogP contribution in [0.25, 0.3) is 0 Å². The van der Waals surface area contributed by atoms with E-state index in [0.29, 0.717) is 42.6 Å². The number of hydrogen-bond donors (Lipinski definition) is 2. The number of hydrogen-bond acceptors (Lipinski definition) is 5. The number of aryl methyl sites for hydroxylation is 1. The van der Waals surface area contributed by atoms with Crippen LogP contribution in [-0.2, 0) is 21.5 Å². The van der Waals surface area contributed by atoms with Crippen molar-refractivity contribution < 1.29 is 18.8 Å². The molecule has 1 spiro atoms.